The molecule has 1 aliphatic carbocycles. The maximum Gasteiger partial charge on any atom is 0.332 e. The Morgan fingerprint density at radius 2 is 2.17 bits per heavy atom. The van der Waals surface area contributed by atoms with Crippen molar-refractivity contribution in [3.05, 3.63) is 15.8 Å². The summed E-state index contributed by atoms with van der Waals surface area (Å²) in [5.74, 6) is 0.775. The second-order valence-corrected chi connectivity index (χ2v) is 4.43. The lowest BCUT2D eigenvalue weighted by Gasteiger charge is -2.09. The molecule has 98 valence electrons. The number of hydrogen-bond acceptors (Lipinski definition) is 6. The Kier molecular flexibility index (Phi) is 3.59. The largest absolute Gasteiger partial charge is 0.361 e. The van der Waals surface area contributed by atoms with Gasteiger partial charge < -0.3 is 10.6 Å². The van der Waals surface area contributed by atoms with Gasteiger partial charge in [-0.3, -0.25) is 10.1 Å². The zero-order valence-corrected chi connectivity index (χ0v) is 10.6. The van der Waals surface area contributed by atoms with Crippen molar-refractivity contribution in [3.63, 3.8) is 0 Å². The maximum atomic E-state index is 11.0. The van der Waals surface area contributed by atoms with E-state index in [1.54, 1.807) is 6.92 Å². The van der Waals surface area contributed by atoms with Crippen LogP contribution in [0.1, 0.15) is 31.9 Å². The first-order valence-electron chi connectivity index (χ1n) is 6.15. The molecule has 1 heterocycles. The van der Waals surface area contributed by atoms with Gasteiger partial charge in [0.15, 0.2) is 0 Å². The molecule has 2 N–H and O–H groups in total. The summed E-state index contributed by atoms with van der Waals surface area (Å²) in [5, 5.41) is 17.2. The Labute approximate surface area is 105 Å². The van der Waals surface area contributed by atoms with Crippen LogP contribution in [0, 0.1) is 17.0 Å². The number of aryl methyl sites for hydroxylation is 1. The van der Waals surface area contributed by atoms with E-state index in [0.29, 0.717) is 23.5 Å². The van der Waals surface area contributed by atoms with Crippen LogP contribution in [0.5, 0.6) is 0 Å². The van der Waals surface area contributed by atoms with E-state index < -0.39 is 4.92 Å². The number of rotatable bonds is 6. The highest BCUT2D eigenvalue weighted by atomic mass is 16.6. The fourth-order valence-corrected chi connectivity index (χ4v) is 1.62. The molecule has 7 heteroatoms. The Morgan fingerprint density at radius 1 is 1.44 bits per heavy atom. The minimum absolute atomic E-state index is 0.0241. The van der Waals surface area contributed by atoms with Gasteiger partial charge in [0.05, 0.1) is 4.92 Å². The first-order chi connectivity index (χ1) is 8.61. The van der Waals surface area contributed by atoms with Crippen molar-refractivity contribution < 1.29 is 4.92 Å². The number of hydrogen-bond donors (Lipinski definition) is 2. The monoisotopic (exact) mass is 251 g/mol. The van der Waals surface area contributed by atoms with Gasteiger partial charge in [-0.25, -0.2) is 4.98 Å². The average molecular weight is 251 g/mol. The van der Waals surface area contributed by atoms with Gasteiger partial charge in [0, 0.05) is 12.6 Å². The summed E-state index contributed by atoms with van der Waals surface area (Å²) in [6, 6.07) is 0.317. The van der Waals surface area contributed by atoms with Gasteiger partial charge in [0.1, 0.15) is 5.69 Å². The first kappa shape index (κ1) is 12.5. The van der Waals surface area contributed by atoms with Crippen molar-refractivity contribution in [1.82, 2.24) is 9.97 Å². The summed E-state index contributed by atoms with van der Waals surface area (Å²) < 4.78 is 0. The van der Waals surface area contributed by atoms with E-state index in [-0.39, 0.29) is 5.69 Å². The first-order valence-corrected chi connectivity index (χ1v) is 6.15. The van der Waals surface area contributed by atoms with Crippen LogP contribution >= 0.6 is 0 Å². The molecule has 18 heavy (non-hydrogen) atoms. The van der Waals surface area contributed by atoms with Gasteiger partial charge >= 0.3 is 5.69 Å². The molecule has 0 spiro atoms. The second kappa shape index (κ2) is 5.16. The highest BCUT2D eigenvalue weighted by Gasteiger charge is 2.28. The van der Waals surface area contributed by atoms with E-state index in [0.717, 1.165) is 25.8 Å². The summed E-state index contributed by atoms with van der Waals surface area (Å²) in [4.78, 5) is 18.9. The Bertz CT molecular complexity index is 459. The highest BCUT2D eigenvalue weighted by Crippen LogP contribution is 2.31. The molecule has 0 aromatic carbocycles. The van der Waals surface area contributed by atoms with E-state index >= 15 is 0 Å². The van der Waals surface area contributed by atoms with Crippen molar-refractivity contribution in [1.29, 1.82) is 0 Å². The number of nitrogens with zero attached hydrogens (tertiary/aromatic N) is 3. The standard InChI is InChI=1S/C11H17N5O2/c1-3-6-12-11-13-7(2)9(16(17)18)10(15-11)14-8-4-5-8/h8H,3-6H2,1-2H3,(H2,12,13,14,15). The molecule has 0 unspecified atom stereocenters. The van der Waals surface area contributed by atoms with Gasteiger partial charge in [0.25, 0.3) is 0 Å². The predicted octanol–water partition coefficient (Wildman–Crippen LogP) is 2.09. The molecule has 0 saturated heterocycles. The lowest BCUT2D eigenvalue weighted by molar-refractivity contribution is -0.385. The fraction of sp³-hybridized carbons (Fsp3) is 0.636. The van der Waals surface area contributed by atoms with Crippen LogP contribution in [0.4, 0.5) is 17.5 Å². The van der Waals surface area contributed by atoms with Crippen molar-refractivity contribution in [2.45, 2.75) is 39.2 Å². The molecule has 1 aromatic heterocycles. The lowest BCUT2D eigenvalue weighted by atomic mass is 10.3. The molecular formula is C11H17N5O2. The van der Waals surface area contributed by atoms with Crippen molar-refractivity contribution >= 4 is 17.5 Å². The smallest absolute Gasteiger partial charge is 0.332 e. The van der Waals surface area contributed by atoms with Crippen LogP contribution in [-0.4, -0.2) is 27.5 Å². The Hall–Kier alpha value is -1.92. The SMILES string of the molecule is CCCNc1nc(C)c([N+](=O)[O-])c(NC2CC2)n1. The minimum Gasteiger partial charge on any atom is -0.361 e. The summed E-state index contributed by atoms with van der Waals surface area (Å²) >= 11 is 0. The summed E-state index contributed by atoms with van der Waals surface area (Å²) in [5.41, 5.74) is 0.362. The average Bonchev–Trinajstić information content (AvgIpc) is 3.09. The van der Waals surface area contributed by atoms with Gasteiger partial charge in [-0.05, 0) is 26.2 Å². The summed E-state index contributed by atoms with van der Waals surface area (Å²) in [6.07, 6.45) is 3.03. The molecule has 0 atom stereocenters. The molecule has 1 saturated carbocycles. The Morgan fingerprint density at radius 3 is 2.72 bits per heavy atom. The molecule has 0 bridgehead atoms. The fourth-order valence-electron chi connectivity index (χ4n) is 1.62. The van der Waals surface area contributed by atoms with E-state index in [1.165, 1.54) is 0 Å². The number of aromatic nitrogens is 2. The van der Waals surface area contributed by atoms with Crippen LogP contribution in [0.15, 0.2) is 0 Å². The van der Waals surface area contributed by atoms with E-state index in [1.807, 2.05) is 6.92 Å². The lowest BCUT2D eigenvalue weighted by Crippen LogP contribution is -2.12. The van der Waals surface area contributed by atoms with Gasteiger partial charge in [-0.15, -0.1) is 0 Å². The number of anilines is 2. The van der Waals surface area contributed by atoms with Gasteiger partial charge in [-0.1, -0.05) is 6.92 Å². The molecule has 0 aliphatic heterocycles. The molecule has 1 fully saturated rings. The van der Waals surface area contributed by atoms with Crippen molar-refractivity contribution in [2.24, 2.45) is 0 Å². The predicted molar refractivity (Wildman–Crippen MR) is 68.8 cm³/mol. The number of nitrogens with one attached hydrogen (secondary N) is 2. The minimum atomic E-state index is -0.427. The third-order valence-corrected chi connectivity index (χ3v) is 2.69. The van der Waals surface area contributed by atoms with Crippen LogP contribution in [0.25, 0.3) is 0 Å². The summed E-state index contributed by atoms with van der Waals surface area (Å²) in [6.45, 7) is 4.42. The molecule has 1 aliphatic rings. The van der Waals surface area contributed by atoms with Gasteiger partial charge in [0.2, 0.25) is 11.8 Å². The zero-order valence-electron chi connectivity index (χ0n) is 10.6. The molecule has 0 radical (unpaired) electrons. The maximum absolute atomic E-state index is 11.0. The summed E-state index contributed by atoms with van der Waals surface area (Å²) in [7, 11) is 0. The van der Waals surface area contributed by atoms with Crippen LogP contribution in [0.3, 0.4) is 0 Å². The third kappa shape index (κ3) is 2.85. The van der Waals surface area contributed by atoms with Crippen molar-refractivity contribution in [2.75, 3.05) is 17.2 Å². The molecule has 1 aromatic rings. The van der Waals surface area contributed by atoms with E-state index in [9.17, 15) is 10.1 Å². The quantitative estimate of drug-likeness (QED) is 0.594. The molecular weight excluding hydrogens is 234 g/mol. The Balaban J connectivity index is 2.30. The van der Waals surface area contributed by atoms with Gasteiger partial charge in [-0.2, -0.15) is 4.98 Å². The van der Waals surface area contributed by atoms with Crippen LogP contribution in [0.2, 0.25) is 0 Å². The molecule has 2 rings (SSSR count). The highest BCUT2D eigenvalue weighted by molar-refractivity contribution is 5.61. The number of nitro groups is 1. The second-order valence-electron chi connectivity index (χ2n) is 4.43. The normalized spacial score (nSPS) is 14.3. The zero-order chi connectivity index (χ0) is 13.1. The third-order valence-electron chi connectivity index (χ3n) is 2.69. The molecule has 0 amide bonds. The molecule has 7 nitrogen and oxygen atoms in total. The van der Waals surface area contributed by atoms with E-state index in [4.69, 9.17) is 0 Å². The van der Waals surface area contributed by atoms with Crippen LogP contribution < -0.4 is 10.6 Å². The van der Waals surface area contributed by atoms with E-state index in [2.05, 4.69) is 20.6 Å². The topological polar surface area (TPSA) is 93.0 Å². The van der Waals surface area contributed by atoms with Crippen LogP contribution in [-0.2, 0) is 0 Å². The van der Waals surface area contributed by atoms with Crippen molar-refractivity contribution in [3.8, 4) is 0 Å².